The van der Waals surface area contributed by atoms with Crippen LogP contribution in [0.15, 0.2) is 55.1 Å². The summed E-state index contributed by atoms with van der Waals surface area (Å²) in [6.45, 7) is 3.12. The number of benzene rings is 2. The van der Waals surface area contributed by atoms with E-state index in [2.05, 4.69) is 6.58 Å². The van der Waals surface area contributed by atoms with Gasteiger partial charge in [-0.25, -0.2) is 4.79 Å². The van der Waals surface area contributed by atoms with Gasteiger partial charge in [-0.05, 0) is 30.3 Å². The smallest absolute Gasteiger partial charge is 0.338 e. The first kappa shape index (κ1) is 19.0. The van der Waals surface area contributed by atoms with E-state index in [0.29, 0.717) is 11.3 Å². The third-order valence-corrected chi connectivity index (χ3v) is 4.26. The van der Waals surface area contributed by atoms with Gasteiger partial charge in [0, 0.05) is 6.54 Å². The van der Waals surface area contributed by atoms with Crippen LogP contribution in [0.25, 0.3) is 0 Å². The average molecular weight is 379 g/mol. The molecule has 28 heavy (non-hydrogen) atoms. The molecule has 7 heteroatoms. The van der Waals surface area contributed by atoms with Crippen LogP contribution in [0.1, 0.15) is 41.4 Å². The summed E-state index contributed by atoms with van der Waals surface area (Å²) in [7, 11) is 1.44. The summed E-state index contributed by atoms with van der Waals surface area (Å²) in [5, 5.41) is 0. The zero-order valence-corrected chi connectivity index (χ0v) is 15.1. The number of carbonyl (C=O) groups excluding carboxylic acids is 4. The monoisotopic (exact) mass is 379 g/mol. The standard InChI is InChI=1S/C21H17NO6/c1-3-10-22-19(24)14-9-8-13(11-16(14)20(22)25)21(26)28-12-17(23)15-6-4-5-7-18(15)27-2/h3-9,11H,1,10,12H2,2H3. The number of hydrogen-bond acceptors (Lipinski definition) is 6. The lowest BCUT2D eigenvalue weighted by atomic mass is 10.1. The minimum Gasteiger partial charge on any atom is -0.496 e. The number of methoxy groups -OCH3 is 1. The van der Waals surface area contributed by atoms with Crippen LogP contribution in [0.4, 0.5) is 0 Å². The number of rotatable bonds is 7. The fourth-order valence-electron chi connectivity index (χ4n) is 2.88. The van der Waals surface area contributed by atoms with Crippen LogP contribution in [-0.2, 0) is 4.74 Å². The zero-order valence-electron chi connectivity index (χ0n) is 15.1. The van der Waals surface area contributed by atoms with E-state index < -0.39 is 30.2 Å². The highest BCUT2D eigenvalue weighted by atomic mass is 16.5. The van der Waals surface area contributed by atoms with Gasteiger partial charge in [-0.2, -0.15) is 0 Å². The van der Waals surface area contributed by atoms with Crippen molar-refractivity contribution in [1.82, 2.24) is 4.90 Å². The molecule has 142 valence electrons. The molecule has 2 aromatic rings. The molecule has 0 saturated heterocycles. The molecule has 1 aliphatic rings. The van der Waals surface area contributed by atoms with Crippen molar-refractivity contribution in [2.75, 3.05) is 20.3 Å². The maximum Gasteiger partial charge on any atom is 0.338 e. The first-order valence-corrected chi connectivity index (χ1v) is 8.42. The van der Waals surface area contributed by atoms with E-state index in [1.807, 2.05) is 0 Å². The zero-order chi connectivity index (χ0) is 20.3. The molecule has 0 radical (unpaired) electrons. The van der Waals surface area contributed by atoms with Gasteiger partial charge in [0.15, 0.2) is 6.61 Å². The molecule has 1 aliphatic heterocycles. The summed E-state index contributed by atoms with van der Waals surface area (Å²) in [5.74, 6) is -1.75. The van der Waals surface area contributed by atoms with Crippen LogP contribution in [0.2, 0.25) is 0 Å². The summed E-state index contributed by atoms with van der Waals surface area (Å²) in [5.41, 5.74) is 0.714. The van der Waals surface area contributed by atoms with E-state index in [-0.39, 0.29) is 23.2 Å². The number of nitrogens with zero attached hydrogens (tertiary/aromatic N) is 1. The summed E-state index contributed by atoms with van der Waals surface area (Å²) in [6, 6.07) is 10.7. The van der Waals surface area contributed by atoms with E-state index >= 15 is 0 Å². The molecule has 0 atom stereocenters. The predicted molar refractivity (Wildman–Crippen MR) is 99.6 cm³/mol. The Morgan fingerprint density at radius 3 is 2.50 bits per heavy atom. The highest BCUT2D eigenvalue weighted by Crippen LogP contribution is 2.24. The van der Waals surface area contributed by atoms with Crippen LogP contribution in [-0.4, -0.2) is 48.7 Å². The lowest BCUT2D eigenvalue weighted by molar-refractivity contribution is 0.0474. The second-order valence-electron chi connectivity index (χ2n) is 5.97. The van der Waals surface area contributed by atoms with Gasteiger partial charge in [0.1, 0.15) is 5.75 Å². The van der Waals surface area contributed by atoms with Gasteiger partial charge in [0.2, 0.25) is 5.78 Å². The Hall–Kier alpha value is -3.74. The van der Waals surface area contributed by atoms with Crippen molar-refractivity contribution in [1.29, 1.82) is 0 Å². The van der Waals surface area contributed by atoms with Gasteiger partial charge in [-0.15, -0.1) is 6.58 Å². The summed E-state index contributed by atoms with van der Waals surface area (Å²) < 4.78 is 10.2. The van der Waals surface area contributed by atoms with Gasteiger partial charge >= 0.3 is 5.97 Å². The second kappa shape index (κ2) is 7.87. The second-order valence-corrected chi connectivity index (χ2v) is 5.97. The number of para-hydroxylation sites is 1. The third kappa shape index (κ3) is 3.42. The molecule has 7 nitrogen and oxygen atoms in total. The fourth-order valence-corrected chi connectivity index (χ4v) is 2.88. The fraction of sp³-hybridized carbons (Fsp3) is 0.143. The van der Waals surface area contributed by atoms with E-state index in [1.165, 1.54) is 31.4 Å². The molecule has 2 amide bonds. The number of carbonyl (C=O) groups is 4. The Morgan fingerprint density at radius 2 is 1.79 bits per heavy atom. The Bertz CT molecular complexity index is 994. The molecule has 1 heterocycles. The minimum absolute atomic E-state index is 0.0770. The summed E-state index contributed by atoms with van der Waals surface area (Å²) >= 11 is 0. The maximum absolute atomic E-state index is 12.3. The molecule has 2 aromatic carbocycles. The molecular formula is C21H17NO6. The number of esters is 1. The molecule has 0 aliphatic carbocycles. The minimum atomic E-state index is -0.770. The third-order valence-electron chi connectivity index (χ3n) is 4.26. The van der Waals surface area contributed by atoms with Crippen molar-refractivity contribution >= 4 is 23.6 Å². The molecule has 0 N–H and O–H groups in total. The average Bonchev–Trinajstić information content (AvgIpc) is 2.96. The molecule has 0 fully saturated rings. The number of hydrogen-bond donors (Lipinski definition) is 0. The Labute approximate surface area is 161 Å². The number of ether oxygens (including phenoxy) is 2. The van der Waals surface area contributed by atoms with Gasteiger partial charge in [-0.3, -0.25) is 19.3 Å². The number of imide groups is 1. The number of Topliss-reactive ketones (excluding diaryl/α,β-unsaturated/α-hetero) is 1. The van der Waals surface area contributed by atoms with E-state index in [1.54, 1.807) is 24.3 Å². The normalized spacial score (nSPS) is 12.5. The van der Waals surface area contributed by atoms with Gasteiger partial charge in [0.05, 0.1) is 29.4 Å². The van der Waals surface area contributed by atoms with Gasteiger partial charge < -0.3 is 9.47 Å². The first-order chi connectivity index (χ1) is 13.5. The van der Waals surface area contributed by atoms with E-state index in [4.69, 9.17) is 9.47 Å². The number of fused-ring (bicyclic) bond motifs is 1. The van der Waals surface area contributed by atoms with Crippen LogP contribution in [0, 0.1) is 0 Å². The van der Waals surface area contributed by atoms with Crippen molar-refractivity contribution in [2.45, 2.75) is 0 Å². The lowest BCUT2D eigenvalue weighted by Gasteiger charge is -2.09. The van der Waals surface area contributed by atoms with Gasteiger partial charge in [0.25, 0.3) is 11.8 Å². The Morgan fingerprint density at radius 1 is 1.07 bits per heavy atom. The van der Waals surface area contributed by atoms with Crippen LogP contribution in [0.5, 0.6) is 5.75 Å². The quantitative estimate of drug-likeness (QED) is 0.318. The largest absolute Gasteiger partial charge is 0.496 e. The molecule has 0 unspecified atom stereocenters. The molecule has 0 aromatic heterocycles. The molecular weight excluding hydrogens is 362 g/mol. The van der Waals surface area contributed by atoms with Crippen LogP contribution >= 0.6 is 0 Å². The Balaban J connectivity index is 1.73. The van der Waals surface area contributed by atoms with Gasteiger partial charge in [-0.1, -0.05) is 18.2 Å². The SMILES string of the molecule is C=CCN1C(=O)c2ccc(C(=O)OCC(=O)c3ccccc3OC)cc2C1=O. The van der Waals surface area contributed by atoms with E-state index in [9.17, 15) is 19.2 Å². The van der Waals surface area contributed by atoms with Crippen molar-refractivity contribution in [3.63, 3.8) is 0 Å². The highest BCUT2D eigenvalue weighted by Gasteiger charge is 2.35. The molecule has 3 rings (SSSR count). The van der Waals surface area contributed by atoms with E-state index in [0.717, 1.165) is 4.90 Å². The predicted octanol–water partition coefficient (Wildman–Crippen LogP) is 2.52. The van der Waals surface area contributed by atoms with Crippen molar-refractivity contribution in [3.05, 3.63) is 77.4 Å². The number of ketones is 1. The maximum atomic E-state index is 12.3. The van der Waals surface area contributed by atoms with Crippen molar-refractivity contribution in [2.24, 2.45) is 0 Å². The molecule has 0 spiro atoms. The van der Waals surface area contributed by atoms with Crippen LogP contribution < -0.4 is 4.74 Å². The summed E-state index contributed by atoms with van der Waals surface area (Å²) in [6.07, 6.45) is 1.44. The lowest BCUT2D eigenvalue weighted by Crippen LogP contribution is -2.29. The van der Waals surface area contributed by atoms with Crippen molar-refractivity contribution < 1.29 is 28.7 Å². The molecule has 0 saturated carbocycles. The first-order valence-electron chi connectivity index (χ1n) is 8.42. The highest BCUT2D eigenvalue weighted by molar-refractivity contribution is 6.22. The Kier molecular flexibility index (Phi) is 5.35. The molecule has 0 bridgehead atoms. The summed E-state index contributed by atoms with van der Waals surface area (Å²) in [4.78, 5) is 50.1. The number of amides is 2. The van der Waals surface area contributed by atoms with Crippen molar-refractivity contribution in [3.8, 4) is 5.75 Å². The van der Waals surface area contributed by atoms with Crippen LogP contribution in [0.3, 0.4) is 0 Å². The topological polar surface area (TPSA) is 90.0 Å².